The first-order valence-electron chi connectivity index (χ1n) is 9.19. The highest BCUT2D eigenvalue weighted by Crippen LogP contribution is 2.37. The maximum atomic E-state index is 5.74. The fraction of sp³-hybridized carbons (Fsp3) is 0.429. The van der Waals surface area contributed by atoms with E-state index in [0.717, 1.165) is 36.0 Å². The van der Waals surface area contributed by atoms with Gasteiger partial charge in [0, 0.05) is 17.5 Å². The van der Waals surface area contributed by atoms with Gasteiger partial charge in [-0.1, -0.05) is 0 Å². The van der Waals surface area contributed by atoms with Crippen LogP contribution in [0.4, 0.5) is 0 Å². The molecule has 1 aliphatic heterocycles. The smallest absolute Gasteiger partial charge is 0.161 e. The molecule has 0 fully saturated rings. The summed E-state index contributed by atoms with van der Waals surface area (Å²) < 4.78 is 22.5. The maximum absolute atomic E-state index is 5.74. The molecule has 26 heavy (non-hydrogen) atoms. The maximum Gasteiger partial charge on any atom is 0.161 e. The summed E-state index contributed by atoms with van der Waals surface area (Å²) in [6.45, 7) is 6.24. The van der Waals surface area contributed by atoms with Crippen molar-refractivity contribution >= 4 is 0 Å². The molecule has 140 valence electrons. The lowest BCUT2D eigenvalue weighted by Gasteiger charge is -2.26. The Labute approximate surface area is 155 Å². The highest BCUT2D eigenvalue weighted by molar-refractivity contribution is 5.52. The summed E-state index contributed by atoms with van der Waals surface area (Å²) in [5.41, 5.74) is 3.77. The van der Waals surface area contributed by atoms with Gasteiger partial charge in [-0.05, 0) is 49.7 Å². The lowest BCUT2D eigenvalue weighted by Crippen LogP contribution is -2.87. The molecule has 2 aromatic carbocycles. The fourth-order valence-electron chi connectivity index (χ4n) is 3.55. The second-order valence-corrected chi connectivity index (χ2v) is 6.23. The average molecular weight is 358 g/mol. The van der Waals surface area contributed by atoms with E-state index in [1.54, 1.807) is 14.2 Å². The van der Waals surface area contributed by atoms with Gasteiger partial charge >= 0.3 is 0 Å². The lowest BCUT2D eigenvalue weighted by molar-refractivity contribution is -0.690. The molecule has 1 aliphatic rings. The molecule has 0 saturated carbocycles. The summed E-state index contributed by atoms with van der Waals surface area (Å²) in [6.07, 6.45) is 1.02. The Morgan fingerprint density at radius 2 is 1.58 bits per heavy atom. The molecule has 0 aliphatic carbocycles. The third-order valence-electron chi connectivity index (χ3n) is 4.72. The summed E-state index contributed by atoms with van der Waals surface area (Å²) in [7, 11) is 3.36. The molecule has 5 heteroatoms. The second kappa shape index (κ2) is 8.32. The Hall–Kier alpha value is -2.40. The summed E-state index contributed by atoms with van der Waals surface area (Å²) in [5.74, 6) is 3.14. The molecule has 1 atom stereocenters. The van der Waals surface area contributed by atoms with Crippen LogP contribution in [0.2, 0.25) is 0 Å². The molecule has 0 saturated heterocycles. The number of nitrogens with two attached hydrogens (primary N) is 1. The highest BCUT2D eigenvalue weighted by atomic mass is 16.5. The second-order valence-electron chi connectivity index (χ2n) is 6.23. The molecule has 0 aromatic heterocycles. The molecule has 1 heterocycles. The first-order chi connectivity index (χ1) is 12.7. The van der Waals surface area contributed by atoms with Crippen LogP contribution in [0.3, 0.4) is 0 Å². The van der Waals surface area contributed by atoms with Crippen molar-refractivity contribution in [1.82, 2.24) is 0 Å². The molecule has 0 unspecified atom stereocenters. The van der Waals surface area contributed by atoms with E-state index in [1.165, 1.54) is 16.7 Å². The van der Waals surface area contributed by atoms with E-state index in [0.29, 0.717) is 13.2 Å². The zero-order chi connectivity index (χ0) is 18.5. The highest BCUT2D eigenvalue weighted by Gasteiger charge is 2.28. The van der Waals surface area contributed by atoms with Crippen molar-refractivity contribution in [1.29, 1.82) is 0 Å². The lowest BCUT2D eigenvalue weighted by atomic mass is 9.89. The molecule has 0 amide bonds. The van der Waals surface area contributed by atoms with Crippen LogP contribution in [0.25, 0.3) is 0 Å². The van der Waals surface area contributed by atoms with E-state index in [-0.39, 0.29) is 6.04 Å². The Morgan fingerprint density at radius 3 is 2.27 bits per heavy atom. The number of rotatable bonds is 7. The number of benzene rings is 2. The topological polar surface area (TPSA) is 53.5 Å². The van der Waals surface area contributed by atoms with Crippen molar-refractivity contribution in [3.63, 3.8) is 0 Å². The summed E-state index contributed by atoms with van der Waals surface area (Å²) in [5, 5.41) is 2.36. The minimum atomic E-state index is 0.202. The quantitative estimate of drug-likeness (QED) is 0.827. The minimum absolute atomic E-state index is 0.202. The van der Waals surface area contributed by atoms with E-state index in [2.05, 4.69) is 29.6 Å². The molecule has 2 N–H and O–H groups in total. The van der Waals surface area contributed by atoms with Crippen molar-refractivity contribution in [2.75, 3.05) is 34.0 Å². The zero-order valence-corrected chi connectivity index (χ0v) is 16.0. The predicted molar refractivity (Wildman–Crippen MR) is 101 cm³/mol. The van der Waals surface area contributed by atoms with Gasteiger partial charge in [-0.3, -0.25) is 0 Å². The molecule has 2 aromatic rings. The third kappa shape index (κ3) is 3.58. The van der Waals surface area contributed by atoms with Gasteiger partial charge in [0.1, 0.15) is 6.04 Å². The van der Waals surface area contributed by atoms with Gasteiger partial charge in [0.05, 0.1) is 34.0 Å². The van der Waals surface area contributed by atoms with Gasteiger partial charge in [0.15, 0.2) is 23.0 Å². The van der Waals surface area contributed by atoms with Crippen LogP contribution >= 0.6 is 0 Å². The largest absolute Gasteiger partial charge is 0.493 e. The molecule has 5 nitrogen and oxygen atoms in total. The summed E-state index contributed by atoms with van der Waals surface area (Å²) >= 11 is 0. The van der Waals surface area contributed by atoms with Crippen LogP contribution in [0.5, 0.6) is 23.0 Å². The van der Waals surface area contributed by atoms with Gasteiger partial charge in [-0.15, -0.1) is 0 Å². The van der Waals surface area contributed by atoms with Crippen molar-refractivity contribution < 1.29 is 24.3 Å². The number of hydrogen-bond acceptors (Lipinski definition) is 4. The van der Waals surface area contributed by atoms with E-state index >= 15 is 0 Å². The number of hydrogen-bond donors (Lipinski definition) is 1. The Morgan fingerprint density at radius 1 is 0.885 bits per heavy atom. The fourth-order valence-corrected chi connectivity index (χ4v) is 3.55. The molecule has 0 radical (unpaired) electrons. The van der Waals surface area contributed by atoms with Gasteiger partial charge in [-0.25, -0.2) is 0 Å². The standard InChI is InChI=1S/C21H27NO4/c1-5-25-17-8-7-15(12-18(17)23-3)21-16-13-19(24-4)20(26-6-2)11-14(16)9-10-22-21/h7-8,11-13,21-22H,5-6,9-10H2,1-4H3/p+1/t21-/m0/s1. The van der Waals surface area contributed by atoms with Crippen LogP contribution in [-0.2, 0) is 6.42 Å². The number of methoxy groups -OCH3 is 2. The van der Waals surface area contributed by atoms with Gasteiger partial charge in [0.2, 0.25) is 0 Å². The van der Waals surface area contributed by atoms with Gasteiger partial charge in [0.25, 0.3) is 0 Å². The number of quaternary nitrogens is 1. The summed E-state index contributed by atoms with van der Waals surface area (Å²) in [6, 6.07) is 10.6. The zero-order valence-electron chi connectivity index (χ0n) is 16.0. The van der Waals surface area contributed by atoms with Gasteiger partial charge in [-0.2, -0.15) is 0 Å². The number of fused-ring (bicyclic) bond motifs is 1. The van der Waals surface area contributed by atoms with Crippen molar-refractivity contribution in [3.8, 4) is 23.0 Å². The van der Waals surface area contributed by atoms with E-state index < -0.39 is 0 Å². The van der Waals surface area contributed by atoms with Crippen molar-refractivity contribution in [2.45, 2.75) is 26.3 Å². The Bertz CT molecular complexity index is 760. The minimum Gasteiger partial charge on any atom is -0.493 e. The SMILES string of the molecule is CCOc1ccc([C@@H]2[NH2+]CCc3cc(OCC)c(OC)cc32)cc1OC. The molecular formula is C21H28NO4+. The molecule has 3 rings (SSSR count). The molecule has 0 bridgehead atoms. The first kappa shape index (κ1) is 18.4. The van der Waals surface area contributed by atoms with Crippen LogP contribution in [-0.4, -0.2) is 34.0 Å². The van der Waals surface area contributed by atoms with Gasteiger partial charge < -0.3 is 24.3 Å². The van der Waals surface area contributed by atoms with Crippen LogP contribution in [0, 0.1) is 0 Å². The van der Waals surface area contributed by atoms with E-state index in [4.69, 9.17) is 18.9 Å². The number of ether oxygens (including phenoxy) is 4. The Kier molecular flexibility index (Phi) is 5.89. The third-order valence-corrected chi connectivity index (χ3v) is 4.72. The van der Waals surface area contributed by atoms with Crippen LogP contribution in [0.1, 0.15) is 36.6 Å². The first-order valence-corrected chi connectivity index (χ1v) is 9.19. The van der Waals surface area contributed by atoms with Crippen molar-refractivity contribution in [3.05, 3.63) is 47.0 Å². The average Bonchev–Trinajstić information content (AvgIpc) is 2.67. The normalized spacial score (nSPS) is 15.9. The predicted octanol–water partition coefficient (Wildman–Crippen LogP) is 2.71. The van der Waals surface area contributed by atoms with Crippen LogP contribution in [0.15, 0.2) is 30.3 Å². The van der Waals surface area contributed by atoms with Crippen molar-refractivity contribution in [2.24, 2.45) is 0 Å². The van der Waals surface area contributed by atoms with E-state index in [9.17, 15) is 0 Å². The Balaban J connectivity index is 2.01. The molecule has 0 spiro atoms. The summed E-state index contributed by atoms with van der Waals surface area (Å²) in [4.78, 5) is 0. The monoisotopic (exact) mass is 358 g/mol. The molecular weight excluding hydrogens is 330 g/mol. The van der Waals surface area contributed by atoms with E-state index in [1.807, 2.05) is 19.9 Å². The van der Waals surface area contributed by atoms with Crippen LogP contribution < -0.4 is 24.3 Å².